The summed E-state index contributed by atoms with van der Waals surface area (Å²) in [7, 11) is 0. The molecular formula is C10H18F3N. The molecule has 14 heavy (non-hydrogen) atoms. The van der Waals surface area contributed by atoms with Gasteiger partial charge in [-0.2, -0.15) is 13.2 Å². The first kappa shape index (κ1) is 11.8. The van der Waals surface area contributed by atoms with Crippen molar-refractivity contribution in [2.45, 2.75) is 32.9 Å². The van der Waals surface area contributed by atoms with Gasteiger partial charge in [0.05, 0.1) is 6.54 Å². The van der Waals surface area contributed by atoms with Gasteiger partial charge in [-0.1, -0.05) is 13.8 Å². The van der Waals surface area contributed by atoms with E-state index in [1.807, 2.05) is 0 Å². The van der Waals surface area contributed by atoms with E-state index in [9.17, 15) is 13.2 Å². The van der Waals surface area contributed by atoms with Crippen LogP contribution in [0.1, 0.15) is 26.7 Å². The van der Waals surface area contributed by atoms with Crippen LogP contribution in [0.4, 0.5) is 13.2 Å². The number of hydrogen-bond donors (Lipinski definition) is 0. The number of halogens is 3. The molecule has 0 aliphatic carbocycles. The minimum Gasteiger partial charge on any atom is -0.295 e. The molecule has 1 rings (SSSR count). The van der Waals surface area contributed by atoms with Gasteiger partial charge in [0.25, 0.3) is 0 Å². The normalized spacial score (nSPS) is 24.9. The Balaban J connectivity index is 2.27. The highest BCUT2D eigenvalue weighted by Gasteiger charge is 2.34. The average Bonchev–Trinajstić information content (AvgIpc) is 2.30. The summed E-state index contributed by atoms with van der Waals surface area (Å²) in [4.78, 5) is 1.52. The molecule has 0 amide bonds. The fraction of sp³-hybridized carbons (Fsp3) is 1.00. The molecule has 0 spiro atoms. The highest BCUT2D eigenvalue weighted by molar-refractivity contribution is 4.77. The zero-order valence-corrected chi connectivity index (χ0v) is 8.77. The van der Waals surface area contributed by atoms with Gasteiger partial charge in [-0.05, 0) is 31.2 Å². The SMILES string of the molecule is CC(C)CC1CCN(CC(F)(F)F)C1. The maximum atomic E-state index is 12.1. The van der Waals surface area contributed by atoms with Crippen molar-refractivity contribution in [1.82, 2.24) is 4.90 Å². The van der Waals surface area contributed by atoms with Gasteiger partial charge in [0, 0.05) is 6.54 Å². The molecule has 0 radical (unpaired) electrons. The summed E-state index contributed by atoms with van der Waals surface area (Å²) < 4.78 is 36.2. The van der Waals surface area contributed by atoms with E-state index < -0.39 is 12.7 Å². The first-order chi connectivity index (χ1) is 6.37. The van der Waals surface area contributed by atoms with Crippen molar-refractivity contribution in [3.63, 3.8) is 0 Å². The van der Waals surface area contributed by atoms with Gasteiger partial charge >= 0.3 is 6.18 Å². The summed E-state index contributed by atoms with van der Waals surface area (Å²) in [6, 6.07) is 0. The number of likely N-dealkylation sites (tertiary alicyclic amines) is 1. The lowest BCUT2D eigenvalue weighted by atomic mass is 9.97. The van der Waals surface area contributed by atoms with Crippen LogP contribution in [-0.2, 0) is 0 Å². The lowest BCUT2D eigenvalue weighted by Gasteiger charge is -2.18. The fourth-order valence-corrected chi connectivity index (χ4v) is 2.17. The van der Waals surface area contributed by atoms with Crippen molar-refractivity contribution in [1.29, 1.82) is 0 Å². The minimum atomic E-state index is -4.03. The standard InChI is InChI=1S/C10H18F3N/c1-8(2)5-9-3-4-14(6-9)7-10(11,12)13/h8-9H,3-7H2,1-2H3. The van der Waals surface area contributed by atoms with E-state index in [-0.39, 0.29) is 0 Å². The van der Waals surface area contributed by atoms with E-state index in [1.165, 1.54) is 4.90 Å². The molecule has 4 heteroatoms. The minimum absolute atomic E-state index is 0.470. The molecule has 1 aliphatic rings. The van der Waals surface area contributed by atoms with E-state index in [0.29, 0.717) is 24.9 Å². The van der Waals surface area contributed by atoms with Crippen LogP contribution in [-0.4, -0.2) is 30.7 Å². The zero-order chi connectivity index (χ0) is 10.8. The van der Waals surface area contributed by atoms with E-state index in [0.717, 1.165) is 12.8 Å². The molecule has 1 nitrogen and oxygen atoms in total. The molecule has 1 heterocycles. The van der Waals surface area contributed by atoms with Crippen molar-refractivity contribution in [3.8, 4) is 0 Å². The largest absolute Gasteiger partial charge is 0.401 e. The van der Waals surface area contributed by atoms with Gasteiger partial charge in [-0.25, -0.2) is 0 Å². The number of rotatable bonds is 3. The molecule has 0 aromatic heterocycles. The molecule has 0 N–H and O–H groups in total. The molecule has 1 atom stereocenters. The topological polar surface area (TPSA) is 3.24 Å². The second-order valence-corrected chi connectivity index (χ2v) is 4.63. The predicted octanol–water partition coefficient (Wildman–Crippen LogP) is 2.92. The van der Waals surface area contributed by atoms with Gasteiger partial charge in [-0.15, -0.1) is 0 Å². The lowest BCUT2D eigenvalue weighted by molar-refractivity contribution is -0.143. The van der Waals surface area contributed by atoms with Crippen LogP contribution in [0.25, 0.3) is 0 Å². The third-order valence-corrected chi connectivity index (χ3v) is 2.58. The molecule has 0 bridgehead atoms. The van der Waals surface area contributed by atoms with E-state index in [2.05, 4.69) is 13.8 Å². The van der Waals surface area contributed by atoms with Crippen molar-refractivity contribution in [2.24, 2.45) is 11.8 Å². The van der Waals surface area contributed by atoms with Gasteiger partial charge < -0.3 is 0 Å². The average molecular weight is 209 g/mol. The molecule has 1 unspecified atom stereocenters. The molecule has 0 aromatic rings. The number of nitrogens with zero attached hydrogens (tertiary/aromatic N) is 1. The summed E-state index contributed by atoms with van der Waals surface area (Å²) in [5.74, 6) is 1.06. The Hall–Kier alpha value is -0.250. The second-order valence-electron chi connectivity index (χ2n) is 4.63. The van der Waals surface area contributed by atoms with Crippen LogP contribution < -0.4 is 0 Å². The molecule has 1 aliphatic heterocycles. The Bertz CT molecular complexity index is 177. The smallest absolute Gasteiger partial charge is 0.295 e. The van der Waals surface area contributed by atoms with Crippen molar-refractivity contribution >= 4 is 0 Å². The Kier molecular flexibility index (Phi) is 3.81. The third kappa shape index (κ3) is 4.31. The first-order valence-corrected chi connectivity index (χ1v) is 5.16. The Morgan fingerprint density at radius 1 is 1.36 bits per heavy atom. The van der Waals surface area contributed by atoms with Crippen LogP contribution >= 0.6 is 0 Å². The number of alkyl halides is 3. The summed E-state index contributed by atoms with van der Waals surface area (Å²) in [5, 5.41) is 0. The zero-order valence-electron chi connectivity index (χ0n) is 8.77. The van der Waals surface area contributed by atoms with Gasteiger partial charge in [-0.3, -0.25) is 4.90 Å². The maximum absolute atomic E-state index is 12.1. The van der Waals surface area contributed by atoms with E-state index in [1.54, 1.807) is 0 Å². The fourth-order valence-electron chi connectivity index (χ4n) is 2.17. The van der Waals surface area contributed by atoms with Crippen molar-refractivity contribution in [3.05, 3.63) is 0 Å². The Morgan fingerprint density at radius 3 is 2.50 bits per heavy atom. The van der Waals surface area contributed by atoms with Gasteiger partial charge in [0.2, 0.25) is 0 Å². The summed E-state index contributed by atoms with van der Waals surface area (Å²) in [5.41, 5.74) is 0. The molecule has 0 aromatic carbocycles. The van der Waals surface area contributed by atoms with Crippen LogP contribution in [0.2, 0.25) is 0 Å². The van der Waals surface area contributed by atoms with Crippen LogP contribution in [0, 0.1) is 11.8 Å². The lowest BCUT2D eigenvalue weighted by Crippen LogP contribution is -2.32. The monoisotopic (exact) mass is 209 g/mol. The molecule has 84 valence electrons. The predicted molar refractivity (Wildman–Crippen MR) is 50.1 cm³/mol. The van der Waals surface area contributed by atoms with Crippen LogP contribution in [0.5, 0.6) is 0 Å². The summed E-state index contributed by atoms with van der Waals surface area (Å²) >= 11 is 0. The quantitative estimate of drug-likeness (QED) is 0.690. The van der Waals surface area contributed by atoms with E-state index in [4.69, 9.17) is 0 Å². The summed E-state index contributed by atoms with van der Waals surface area (Å²) in [6.45, 7) is 4.73. The highest BCUT2D eigenvalue weighted by atomic mass is 19.4. The Labute approximate surface area is 83.3 Å². The van der Waals surface area contributed by atoms with Crippen LogP contribution in [0.3, 0.4) is 0 Å². The second kappa shape index (κ2) is 4.51. The van der Waals surface area contributed by atoms with Gasteiger partial charge in [0.15, 0.2) is 0 Å². The number of hydrogen-bond acceptors (Lipinski definition) is 1. The van der Waals surface area contributed by atoms with Crippen LogP contribution in [0.15, 0.2) is 0 Å². The van der Waals surface area contributed by atoms with E-state index >= 15 is 0 Å². The summed E-state index contributed by atoms with van der Waals surface area (Å²) in [6.07, 6.45) is -2.06. The molecule has 1 saturated heterocycles. The Morgan fingerprint density at radius 2 is 2.00 bits per heavy atom. The maximum Gasteiger partial charge on any atom is 0.401 e. The molecule has 0 saturated carbocycles. The highest BCUT2D eigenvalue weighted by Crippen LogP contribution is 2.26. The first-order valence-electron chi connectivity index (χ1n) is 5.16. The van der Waals surface area contributed by atoms with Crippen molar-refractivity contribution in [2.75, 3.05) is 19.6 Å². The van der Waals surface area contributed by atoms with Gasteiger partial charge in [0.1, 0.15) is 0 Å². The third-order valence-electron chi connectivity index (χ3n) is 2.58. The molecular weight excluding hydrogens is 191 g/mol. The van der Waals surface area contributed by atoms with Crippen molar-refractivity contribution < 1.29 is 13.2 Å². The molecule has 1 fully saturated rings.